The third kappa shape index (κ3) is 7.85. The minimum Gasteiger partial charge on any atom is -1.00 e. The molecule has 0 amide bonds. The maximum absolute atomic E-state index is 2.53. The van der Waals surface area contributed by atoms with E-state index in [0.717, 1.165) is 0 Å². The van der Waals surface area contributed by atoms with Gasteiger partial charge in [0.25, 0.3) is 0 Å². The molecular formula is C30H40Cl2N2Zr. The van der Waals surface area contributed by atoms with E-state index in [4.69, 9.17) is 0 Å². The van der Waals surface area contributed by atoms with Crippen LogP contribution in [0, 0.1) is 0 Å². The molecule has 0 aromatic heterocycles. The van der Waals surface area contributed by atoms with E-state index in [1.165, 1.54) is 32.9 Å². The molecule has 4 aromatic carbocycles. The number of fused-ring (bicyclic) bond motifs is 3. The van der Waals surface area contributed by atoms with Gasteiger partial charge in [-0.3, -0.25) is 0 Å². The van der Waals surface area contributed by atoms with E-state index < -0.39 is 0 Å². The van der Waals surface area contributed by atoms with Crippen LogP contribution < -0.4 is 34.6 Å². The van der Waals surface area contributed by atoms with Gasteiger partial charge in [0.2, 0.25) is 0 Å². The molecule has 4 rings (SSSR count). The minimum atomic E-state index is 0. The molecule has 0 atom stereocenters. The summed E-state index contributed by atoms with van der Waals surface area (Å²) < 4.78 is 0. The molecule has 0 aliphatic carbocycles. The van der Waals surface area contributed by atoms with E-state index in [9.17, 15) is 0 Å². The average molecular weight is 591 g/mol. The first kappa shape index (κ1) is 33.7. The number of hydrogen-bond acceptors (Lipinski definition) is 2. The number of rotatable bonds is 6. The Morgan fingerprint density at radius 1 is 0.629 bits per heavy atom. The molecule has 0 saturated heterocycles. The van der Waals surface area contributed by atoms with Gasteiger partial charge < -0.3 is 34.6 Å². The van der Waals surface area contributed by atoms with Gasteiger partial charge in [-0.15, -0.1) is 28.3 Å². The maximum Gasteiger partial charge on any atom is 4.00 e. The van der Waals surface area contributed by atoms with Gasteiger partial charge >= 0.3 is 26.2 Å². The molecule has 0 saturated carbocycles. The molecule has 188 valence electrons. The fourth-order valence-corrected chi connectivity index (χ4v) is 5.08. The minimum absolute atomic E-state index is 0. The van der Waals surface area contributed by atoms with Crippen molar-refractivity contribution in [3.05, 3.63) is 72.8 Å². The van der Waals surface area contributed by atoms with Gasteiger partial charge in [0, 0.05) is 35.5 Å². The van der Waals surface area contributed by atoms with E-state index in [-0.39, 0.29) is 51.0 Å². The zero-order valence-corrected chi connectivity index (χ0v) is 26.4. The SMILES string of the molecule is CC(C)N(c1ccc2c(c1)[cH-]c1cccc(N(C(C)C)C(C)C)c12)C(C)C.[Cl-].[Cl-].[Zr+4].c1cc[cH-]c1. The van der Waals surface area contributed by atoms with Gasteiger partial charge in [-0.1, -0.05) is 35.7 Å². The molecule has 0 aliphatic rings. The van der Waals surface area contributed by atoms with Crippen molar-refractivity contribution in [2.45, 2.75) is 79.6 Å². The van der Waals surface area contributed by atoms with Crippen molar-refractivity contribution in [3.8, 4) is 0 Å². The summed E-state index contributed by atoms with van der Waals surface area (Å²) in [6, 6.07) is 28.0. The molecule has 4 aromatic rings. The van der Waals surface area contributed by atoms with E-state index in [1.54, 1.807) is 0 Å². The number of halogens is 2. The van der Waals surface area contributed by atoms with Crippen LogP contribution in [0.2, 0.25) is 0 Å². The third-order valence-corrected chi connectivity index (χ3v) is 6.05. The molecule has 0 N–H and O–H groups in total. The number of benzene rings is 2. The molecule has 35 heavy (non-hydrogen) atoms. The summed E-state index contributed by atoms with van der Waals surface area (Å²) in [7, 11) is 0. The monoisotopic (exact) mass is 588 g/mol. The Morgan fingerprint density at radius 2 is 1.17 bits per heavy atom. The number of hydrogen-bond donors (Lipinski definition) is 0. The van der Waals surface area contributed by atoms with Crippen molar-refractivity contribution in [2.24, 2.45) is 0 Å². The predicted octanol–water partition coefficient (Wildman–Crippen LogP) is 2.37. The van der Waals surface area contributed by atoms with Crippen LogP contribution in [0.25, 0.3) is 21.5 Å². The van der Waals surface area contributed by atoms with E-state index in [0.29, 0.717) is 24.2 Å². The summed E-state index contributed by atoms with van der Waals surface area (Å²) in [6.45, 7) is 18.2. The summed E-state index contributed by atoms with van der Waals surface area (Å²) in [4.78, 5) is 5.02. The van der Waals surface area contributed by atoms with Crippen molar-refractivity contribution in [1.29, 1.82) is 0 Å². The molecule has 0 radical (unpaired) electrons. The summed E-state index contributed by atoms with van der Waals surface area (Å²) >= 11 is 0. The van der Waals surface area contributed by atoms with Crippen molar-refractivity contribution in [3.63, 3.8) is 0 Å². The van der Waals surface area contributed by atoms with Crippen LogP contribution in [0.4, 0.5) is 11.4 Å². The molecule has 0 fully saturated rings. The van der Waals surface area contributed by atoms with Gasteiger partial charge in [0.15, 0.2) is 0 Å². The molecule has 5 heteroatoms. The van der Waals surface area contributed by atoms with Crippen molar-refractivity contribution >= 4 is 32.9 Å². The first-order chi connectivity index (χ1) is 15.2. The molecule has 0 bridgehead atoms. The summed E-state index contributed by atoms with van der Waals surface area (Å²) in [5.74, 6) is 0. The number of nitrogens with zero attached hydrogens (tertiary/aromatic N) is 2. The van der Waals surface area contributed by atoms with Crippen LogP contribution in [-0.2, 0) is 26.2 Å². The van der Waals surface area contributed by atoms with E-state index in [2.05, 4.69) is 108 Å². The standard InChI is InChI=1S/C25H35N2.C5H5.2ClH.Zr/c1-16(2)26(17(3)4)22-12-13-23-21(15-22)14-20-10-9-11-24(25(20)23)27(18(5)6)19(7)8;1-2-4-5-3-1;;;/h9-19H,1-8H3;1-5H;2*1H;/q2*-1;;;+4/p-2. The fourth-order valence-electron chi connectivity index (χ4n) is 5.08. The Balaban J connectivity index is 0.00000129. The van der Waals surface area contributed by atoms with E-state index in [1.807, 2.05) is 30.3 Å². The first-order valence-corrected chi connectivity index (χ1v) is 12.1. The molecule has 0 unspecified atom stereocenters. The van der Waals surface area contributed by atoms with Crippen LogP contribution in [0.1, 0.15) is 55.4 Å². The first-order valence-electron chi connectivity index (χ1n) is 12.1. The van der Waals surface area contributed by atoms with E-state index >= 15 is 0 Å². The molecule has 2 nitrogen and oxygen atoms in total. The Morgan fingerprint density at radius 3 is 1.63 bits per heavy atom. The van der Waals surface area contributed by atoms with Gasteiger partial charge in [0.1, 0.15) is 0 Å². The summed E-state index contributed by atoms with van der Waals surface area (Å²) in [5, 5.41) is 5.44. The van der Waals surface area contributed by atoms with Gasteiger partial charge in [-0.05, 0) is 55.4 Å². The number of anilines is 2. The van der Waals surface area contributed by atoms with Crippen LogP contribution in [0.5, 0.6) is 0 Å². The normalized spacial score (nSPS) is 10.6. The second-order valence-corrected chi connectivity index (χ2v) is 9.81. The Hall–Kier alpha value is -1.28. The molecule has 0 spiro atoms. The van der Waals surface area contributed by atoms with Gasteiger partial charge in [-0.2, -0.15) is 18.2 Å². The second kappa shape index (κ2) is 15.1. The fraction of sp³-hybridized carbons (Fsp3) is 0.400. The van der Waals surface area contributed by atoms with Crippen LogP contribution in [0.15, 0.2) is 72.8 Å². The average Bonchev–Trinajstić information content (AvgIpc) is 3.38. The summed E-state index contributed by atoms with van der Waals surface area (Å²) in [5.41, 5.74) is 2.67. The van der Waals surface area contributed by atoms with Crippen LogP contribution in [0.3, 0.4) is 0 Å². The Labute approximate surface area is 244 Å². The topological polar surface area (TPSA) is 6.48 Å². The second-order valence-electron chi connectivity index (χ2n) is 9.81. The van der Waals surface area contributed by atoms with Crippen molar-refractivity contribution < 1.29 is 51.0 Å². The van der Waals surface area contributed by atoms with Crippen molar-refractivity contribution in [2.75, 3.05) is 9.80 Å². The molecule has 0 aliphatic heterocycles. The Bertz CT molecular complexity index is 1080. The zero-order chi connectivity index (χ0) is 23.4. The predicted molar refractivity (Wildman–Crippen MR) is 145 cm³/mol. The van der Waals surface area contributed by atoms with Crippen LogP contribution in [-0.4, -0.2) is 24.2 Å². The smallest absolute Gasteiger partial charge is 1.00 e. The van der Waals surface area contributed by atoms with Gasteiger partial charge in [-0.25, -0.2) is 12.1 Å². The quantitative estimate of drug-likeness (QED) is 0.319. The van der Waals surface area contributed by atoms with Gasteiger partial charge in [0.05, 0.1) is 0 Å². The third-order valence-electron chi connectivity index (χ3n) is 6.05. The van der Waals surface area contributed by atoms with Crippen molar-refractivity contribution in [1.82, 2.24) is 0 Å². The van der Waals surface area contributed by atoms with Crippen LogP contribution >= 0.6 is 0 Å². The maximum atomic E-state index is 2.53. The summed E-state index contributed by atoms with van der Waals surface area (Å²) in [6.07, 6.45) is 0. The largest absolute Gasteiger partial charge is 4.00 e. The Kier molecular flexibility index (Phi) is 14.5. The molecular weight excluding hydrogens is 550 g/mol. The zero-order valence-electron chi connectivity index (χ0n) is 22.4. The molecule has 0 heterocycles.